The number of pyridine rings is 1. The number of hydrogen-bond acceptors (Lipinski definition) is 2. The molecular formula is C14H24N2. The summed E-state index contributed by atoms with van der Waals surface area (Å²) in [6.45, 7) is 7.78. The summed E-state index contributed by atoms with van der Waals surface area (Å²) in [5.74, 6) is 0.785. The predicted octanol–water partition coefficient (Wildman–Crippen LogP) is 3.04. The van der Waals surface area contributed by atoms with E-state index in [1.54, 1.807) is 0 Å². The maximum absolute atomic E-state index is 4.39. The van der Waals surface area contributed by atoms with Gasteiger partial charge in [0.2, 0.25) is 0 Å². The number of rotatable bonds is 7. The summed E-state index contributed by atoms with van der Waals surface area (Å²) in [7, 11) is 0. The van der Waals surface area contributed by atoms with Gasteiger partial charge in [-0.05, 0) is 31.0 Å². The third kappa shape index (κ3) is 4.75. The van der Waals surface area contributed by atoms with E-state index in [1.807, 2.05) is 12.3 Å². The van der Waals surface area contributed by atoms with Crippen LogP contribution in [0.25, 0.3) is 0 Å². The topological polar surface area (TPSA) is 24.9 Å². The smallest absolute Gasteiger partial charge is 0.0419 e. The van der Waals surface area contributed by atoms with Crippen LogP contribution < -0.4 is 5.32 Å². The minimum atomic E-state index is 0.565. The molecule has 1 aromatic rings. The van der Waals surface area contributed by atoms with Crippen LogP contribution in [0.1, 0.15) is 39.3 Å². The Morgan fingerprint density at radius 2 is 2.12 bits per heavy atom. The van der Waals surface area contributed by atoms with Crippen LogP contribution in [0.2, 0.25) is 0 Å². The highest BCUT2D eigenvalue weighted by atomic mass is 14.9. The first kappa shape index (κ1) is 13.2. The Balaban J connectivity index is 2.50. The van der Waals surface area contributed by atoms with Gasteiger partial charge in [-0.2, -0.15) is 0 Å². The molecule has 2 nitrogen and oxygen atoms in total. The van der Waals surface area contributed by atoms with E-state index in [4.69, 9.17) is 0 Å². The average molecular weight is 220 g/mol. The SMILES string of the molecule is CCNC(Cc1ccccn1)CC(C)CC. The zero-order chi connectivity index (χ0) is 11.8. The van der Waals surface area contributed by atoms with E-state index in [0.29, 0.717) is 6.04 Å². The second-order valence-electron chi connectivity index (χ2n) is 4.53. The first-order chi connectivity index (χ1) is 7.76. The molecule has 0 saturated carbocycles. The van der Waals surface area contributed by atoms with Crippen molar-refractivity contribution in [2.24, 2.45) is 5.92 Å². The zero-order valence-electron chi connectivity index (χ0n) is 10.7. The van der Waals surface area contributed by atoms with Gasteiger partial charge in [-0.15, -0.1) is 0 Å². The van der Waals surface area contributed by atoms with Gasteiger partial charge in [-0.1, -0.05) is 33.3 Å². The monoisotopic (exact) mass is 220 g/mol. The van der Waals surface area contributed by atoms with Crippen LogP contribution in [0, 0.1) is 5.92 Å². The highest BCUT2D eigenvalue weighted by Gasteiger charge is 2.12. The zero-order valence-corrected chi connectivity index (χ0v) is 10.7. The third-order valence-corrected chi connectivity index (χ3v) is 3.06. The fraction of sp³-hybridized carbons (Fsp3) is 0.643. The molecule has 1 rings (SSSR count). The number of likely N-dealkylation sites (N-methyl/N-ethyl adjacent to an activating group) is 1. The van der Waals surface area contributed by atoms with Crippen LogP contribution in [0.3, 0.4) is 0 Å². The summed E-state index contributed by atoms with van der Waals surface area (Å²) in [4.78, 5) is 4.39. The lowest BCUT2D eigenvalue weighted by atomic mass is 9.96. The molecular weight excluding hydrogens is 196 g/mol. The summed E-state index contributed by atoms with van der Waals surface area (Å²) in [5.41, 5.74) is 1.19. The van der Waals surface area contributed by atoms with Crippen molar-refractivity contribution in [2.75, 3.05) is 6.54 Å². The van der Waals surface area contributed by atoms with E-state index in [9.17, 15) is 0 Å². The van der Waals surface area contributed by atoms with Gasteiger partial charge in [-0.3, -0.25) is 4.98 Å². The Morgan fingerprint density at radius 3 is 2.69 bits per heavy atom. The van der Waals surface area contributed by atoms with Crippen LogP contribution >= 0.6 is 0 Å². The molecule has 0 amide bonds. The van der Waals surface area contributed by atoms with Crippen molar-refractivity contribution in [3.8, 4) is 0 Å². The molecule has 0 aliphatic rings. The summed E-state index contributed by atoms with van der Waals surface area (Å²) in [5, 5.41) is 3.56. The lowest BCUT2D eigenvalue weighted by Crippen LogP contribution is -2.32. The first-order valence-electron chi connectivity index (χ1n) is 6.39. The van der Waals surface area contributed by atoms with E-state index < -0.39 is 0 Å². The van der Waals surface area contributed by atoms with Crippen molar-refractivity contribution in [1.29, 1.82) is 0 Å². The molecule has 1 aromatic heterocycles. The lowest BCUT2D eigenvalue weighted by molar-refractivity contribution is 0.395. The number of aromatic nitrogens is 1. The maximum Gasteiger partial charge on any atom is 0.0419 e. The van der Waals surface area contributed by atoms with Crippen molar-refractivity contribution in [1.82, 2.24) is 10.3 Å². The van der Waals surface area contributed by atoms with Gasteiger partial charge < -0.3 is 5.32 Å². The lowest BCUT2D eigenvalue weighted by Gasteiger charge is -2.20. The van der Waals surface area contributed by atoms with Crippen molar-refractivity contribution < 1.29 is 0 Å². The average Bonchev–Trinajstić information content (AvgIpc) is 2.30. The minimum Gasteiger partial charge on any atom is -0.314 e. The van der Waals surface area contributed by atoms with Crippen molar-refractivity contribution in [2.45, 2.75) is 46.1 Å². The summed E-state index contributed by atoms with van der Waals surface area (Å²) >= 11 is 0. The fourth-order valence-corrected chi connectivity index (χ4v) is 1.95. The van der Waals surface area contributed by atoms with E-state index in [0.717, 1.165) is 18.9 Å². The van der Waals surface area contributed by atoms with Crippen LogP contribution in [-0.4, -0.2) is 17.6 Å². The molecule has 0 radical (unpaired) electrons. The van der Waals surface area contributed by atoms with Crippen LogP contribution in [-0.2, 0) is 6.42 Å². The van der Waals surface area contributed by atoms with E-state index in [2.05, 4.69) is 43.2 Å². The molecule has 0 aliphatic heterocycles. The minimum absolute atomic E-state index is 0.565. The molecule has 2 unspecified atom stereocenters. The normalized spacial score (nSPS) is 14.7. The molecule has 2 atom stereocenters. The van der Waals surface area contributed by atoms with Gasteiger partial charge in [0.15, 0.2) is 0 Å². The highest BCUT2D eigenvalue weighted by Crippen LogP contribution is 2.12. The molecule has 0 spiro atoms. The highest BCUT2D eigenvalue weighted by molar-refractivity contribution is 5.05. The van der Waals surface area contributed by atoms with Gasteiger partial charge in [0.1, 0.15) is 0 Å². The molecule has 0 aliphatic carbocycles. The summed E-state index contributed by atoms with van der Waals surface area (Å²) < 4.78 is 0. The van der Waals surface area contributed by atoms with Gasteiger partial charge in [0.05, 0.1) is 0 Å². The third-order valence-electron chi connectivity index (χ3n) is 3.06. The molecule has 0 aromatic carbocycles. The number of hydrogen-bond donors (Lipinski definition) is 1. The van der Waals surface area contributed by atoms with Gasteiger partial charge in [-0.25, -0.2) is 0 Å². The summed E-state index contributed by atoms with van der Waals surface area (Å²) in [6.07, 6.45) is 5.41. The van der Waals surface area contributed by atoms with Crippen molar-refractivity contribution in [3.05, 3.63) is 30.1 Å². The predicted molar refractivity (Wildman–Crippen MR) is 69.5 cm³/mol. The quantitative estimate of drug-likeness (QED) is 0.764. The molecule has 0 saturated heterocycles. The second kappa shape index (κ2) is 7.39. The molecule has 16 heavy (non-hydrogen) atoms. The maximum atomic E-state index is 4.39. The fourth-order valence-electron chi connectivity index (χ4n) is 1.95. The van der Waals surface area contributed by atoms with Gasteiger partial charge >= 0.3 is 0 Å². The van der Waals surface area contributed by atoms with Crippen molar-refractivity contribution >= 4 is 0 Å². The van der Waals surface area contributed by atoms with Crippen molar-refractivity contribution in [3.63, 3.8) is 0 Å². The van der Waals surface area contributed by atoms with E-state index >= 15 is 0 Å². The Bertz CT molecular complexity index is 271. The van der Waals surface area contributed by atoms with Gasteiger partial charge in [0, 0.05) is 24.4 Å². The Labute approximate surface area is 99.5 Å². The number of nitrogens with one attached hydrogen (secondary N) is 1. The molecule has 1 N–H and O–H groups in total. The standard InChI is InChI=1S/C14H24N2/c1-4-12(3)10-14(15-5-2)11-13-8-6-7-9-16-13/h6-9,12,14-15H,4-5,10-11H2,1-3H3. The Kier molecular flexibility index (Phi) is 6.09. The summed E-state index contributed by atoms with van der Waals surface area (Å²) in [6, 6.07) is 6.71. The molecule has 0 fully saturated rings. The Morgan fingerprint density at radius 1 is 1.31 bits per heavy atom. The van der Waals surface area contributed by atoms with E-state index in [-0.39, 0.29) is 0 Å². The first-order valence-corrected chi connectivity index (χ1v) is 6.39. The molecule has 90 valence electrons. The van der Waals surface area contributed by atoms with Crippen LogP contribution in [0.4, 0.5) is 0 Å². The van der Waals surface area contributed by atoms with Crippen LogP contribution in [0.15, 0.2) is 24.4 Å². The van der Waals surface area contributed by atoms with Gasteiger partial charge in [0.25, 0.3) is 0 Å². The largest absolute Gasteiger partial charge is 0.314 e. The molecule has 2 heteroatoms. The van der Waals surface area contributed by atoms with E-state index in [1.165, 1.54) is 18.5 Å². The Hall–Kier alpha value is -0.890. The second-order valence-corrected chi connectivity index (χ2v) is 4.53. The molecule has 1 heterocycles. The van der Waals surface area contributed by atoms with Crippen LogP contribution in [0.5, 0.6) is 0 Å². The molecule has 0 bridgehead atoms. The number of nitrogens with zero attached hydrogens (tertiary/aromatic N) is 1.